The van der Waals surface area contributed by atoms with Gasteiger partial charge in [-0.3, -0.25) is 0 Å². The Morgan fingerprint density at radius 2 is 2.38 bits per heavy atom. The quantitative estimate of drug-likeness (QED) is 0.580. The Labute approximate surface area is 82.3 Å². The van der Waals surface area contributed by atoms with E-state index in [-0.39, 0.29) is 5.92 Å². The van der Waals surface area contributed by atoms with Gasteiger partial charge in [0.1, 0.15) is 5.76 Å². The van der Waals surface area contributed by atoms with E-state index in [1.807, 2.05) is 30.4 Å². The molecule has 1 atom stereocenters. The summed E-state index contributed by atoms with van der Waals surface area (Å²) in [6.45, 7) is 3.76. The van der Waals surface area contributed by atoms with Crippen molar-refractivity contribution in [2.75, 3.05) is 0 Å². The SMILES string of the molecule is C=CC1C=CC(Cl)=C2OC=CC=C21. The predicted octanol–water partition coefficient (Wildman–Crippen LogP) is 3.28. The maximum absolute atomic E-state index is 5.97. The van der Waals surface area contributed by atoms with E-state index in [9.17, 15) is 0 Å². The van der Waals surface area contributed by atoms with Gasteiger partial charge in [-0.05, 0) is 12.2 Å². The normalized spacial score (nSPS) is 25.0. The molecule has 2 heteroatoms. The maximum atomic E-state index is 5.97. The number of rotatable bonds is 1. The van der Waals surface area contributed by atoms with Gasteiger partial charge in [0, 0.05) is 11.5 Å². The van der Waals surface area contributed by atoms with Crippen LogP contribution in [0, 0.1) is 5.92 Å². The summed E-state index contributed by atoms with van der Waals surface area (Å²) in [7, 11) is 0. The molecule has 0 spiro atoms. The van der Waals surface area contributed by atoms with Crippen LogP contribution in [-0.2, 0) is 4.74 Å². The van der Waals surface area contributed by atoms with Gasteiger partial charge in [0.05, 0.1) is 11.3 Å². The topological polar surface area (TPSA) is 9.23 Å². The van der Waals surface area contributed by atoms with Crippen molar-refractivity contribution in [1.82, 2.24) is 0 Å². The molecule has 0 aromatic heterocycles. The third kappa shape index (κ3) is 1.36. The molecule has 0 fully saturated rings. The molecule has 2 rings (SSSR count). The second-order valence-electron chi connectivity index (χ2n) is 2.87. The van der Waals surface area contributed by atoms with Gasteiger partial charge in [-0.25, -0.2) is 0 Å². The summed E-state index contributed by atoms with van der Waals surface area (Å²) < 4.78 is 5.33. The Hall–Kier alpha value is -1.21. The maximum Gasteiger partial charge on any atom is 0.149 e. The highest BCUT2D eigenvalue weighted by Crippen LogP contribution is 2.34. The van der Waals surface area contributed by atoms with Crippen LogP contribution in [0.3, 0.4) is 0 Å². The molecule has 0 aromatic carbocycles. The van der Waals surface area contributed by atoms with Crippen LogP contribution in [0.25, 0.3) is 0 Å². The Morgan fingerprint density at radius 1 is 1.54 bits per heavy atom. The molecule has 1 aliphatic carbocycles. The first-order valence-corrected chi connectivity index (χ1v) is 4.45. The van der Waals surface area contributed by atoms with Crippen LogP contribution in [0.1, 0.15) is 0 Å². The Balaban J connectivity index is 2.47. The molecule has 0 bridgehead atoms. The first-order chi connectivity index (χ1) is 6.33. The summed E-state index contributed by atoms with van der Waals surface area (Å²) >= 11 is 5.97. The first-order valence-electron chi connectivity index (χ1n) is 4.07. The van der Waals surface area contributed by atoms with Gasteiger partial charge in [-0.2, -0.15) is 0 Å². The van der Waals surface area contributed by atoms with Crippen LogP contribution in [0.15, 0.2) is 59.6 Å². The van der Waals surface area contributed by atoms with E-state index in [1.54, 1.807) is 6.26 Å². The number of fused-ring (bicyclic) bond motifs is 1. The van der Waals surface area contributed by atoms with Crippen molar-refractivity contribution >= 4 is 11.6 Å². The van der Waals surface area contributed by atoms with Gasteiger partial charge in [-0.1, -0.05) is 29.8 Å². The zero-order chi connectivity index (χ0) is 9.26. The Morgan fingerprint density at radius 3 is 3.15 bits per heavy atom. The van der Waals surface area contributed by atoms with Gasteiger partial charge < -0.3 is 4.74 Å². The van der Waals surface area contributed by atoms with Gasteiger partial charge in [0.15, 0.2) is 0 Å². The third-order valence-electron chi connectivity index (χ3n) is 2.08. The molecule has 0 saturated heterocycles. The molecule has 1 heterocycles. The predicted molar refractivity (Wildman–Crippen MR) is 54.0 cm³/mol. The van der Waals surface area contributed by atoms with Crippen molar-refractivity contribution in [2.24, 2.45) is 5.92 Å². The van der Waals surface area contributed by atoms with Crippen molar-refractivity contribution in [3.63, 3.8) is 0 Å². The minimum absolute atomic E-state index is 0.211. The van der Waals surface area contributed by atoms with Gasteiger partial charge in [0.2, 0.25) is 0 Å². The molecular weight excluding hydrogens is 184 g/mol. The molecule has 2 aliphatic rings. The lowest BCUT2D eigenvalue weighted by atomic mass is 9.92. The van der Waals surface area contributed by atoms with E-state index in [0.29, 0.717) is 5.03 Å². The molecule has 66 valence electrons. The molecule has 1 unspecified atom stereocenters. The third-order valence-corrected chi connectivity index (χ3v) is 2.38. The van der Waals surface area contributed by atoms with E-state index in [1.165, 1.54) is 0 Å². The van der Waals surface area contributed by atoms with E-state index in [2.05, 4.69) is 6.58 Å². The Kier molecular flexibility index (Phi) is 2.11. The fourth-order valence-electron chi connectivity index (χ4n) is 1.42. The summed E-state index contributed by atoms with van der Waals surface area (Å²) in [6, 6.07) is 0. The highest BCUT2D eigenvalue weighted by atomic mass is 35.5. The second kappa shape index (κ2) is 3.27. The van der Waals surface area contributed by atoms with Crippen LogP contribution in [0.4, 0.5) is 0 Å². The van der Waals surface area contributed by atoms with Crippen molar-refractivity contribution in [3.05, 3.63) is 59.6 Å². The lowest BCUT2D eigenvalue weighted by molar-refractivity contribution is 0.348. The summed E-state index contributed by atoms with van der Waals surface area (Å²) in [5, 5.41) is 0.647. The Bertz CT molecular complexity index is 358. The fraction of sp³-hybridized carbons (Fsp3) is 0.0909. The summed E-state index contributed by atoms with van der Waals surface area (Å²) in [5.41, 5.74) is 1.07. The van der Waals surface area contributed by atoms with E-state index < -0.39 is 0 Å². The summed E-state index contributed by atoms with van der Waals surface area (Å²) in [5.74, 6) is 0.957. The summed E-state index contributed by atoms with van der Waals surface area (Å²) in [4.78, 5) is 0. The molecule has 1 nitrogen and oxygen atoms in total. The lowest BCUT2D eigenvalue weighted by Gasteiger charge is -2.22. The van der Waals surface area contributed by atoms with Crippen molar-refractivity contribution in [1.29, 1.82) is 0 Å². The van der Waals surface area contributed by atoms with Gasteiger partial charge in [-0.15, -0.1) is 6.58 Å². The van der Waals surface area contributed by atoms with Crippen LogP contribution >= 0.6 is 11.6 Å². The molecule has 0 saturated carbocycles. The molecule has 0 aromatic rings. The smallest absolute Gasteiger partial charge is 0.149 e. The molecule has 1 aliphatic heterocycles. The zero-order valence-electron chi connectivity index (χ0n) is 7.03. The van der Waals surface area contributed by atoms with Crippen molar-refractivity contribution < 1.29 is 4.74 Å². The van der Waals surface area contributed by atoms with E-state index in [0.717, 1.165) is 11.3 Å². The van der Waals surface area contributed by atoms with Crippen LogP contribution in [-0.4, -0.2) is 0 Å². The number of hydrogen-bond acceptors (Lipinski definition) is 1. The van der Waals surface area contributed by atoms with Crippen molar-refractivity contribution in [2.45, 2.75) is 0 Å². The summed E-state index contributed by atoms with van der Waals surface area (Å²) in [6.07, 6.45) is 11.2. The standard InChI is InChI=1S/C11H9ClO/c1-2-8-5-6-10(12)11-9(8)4-3-7-13-11/h2-8H,1H2. The molecule has 0 amide bonds. The largest absolute Gasteiger partial charge is 0.463 e. The van der Waals surface area contributed by atoms with Gasteiger partial charge in [0.25, 0.3) is 0 Å². The molecule has 0 radical (unpaired) electrons. The van der Waals surface area contributed by atoms with Gasteiger partial charge >= 0.3 is 0 Å². The fourth-order valence-corrected chi connectivity index (χ4v) is 1.65. The van der Waals surface area contributed by atoms with Crippen LogP contribution in [0.5, 0.6) is 0 Å². The van der Waals surface area contributed by atoms with Crippen LogP contribution < -0.4 is 0 Å². The number of allylic oxidation sites excluding steroid dienone is 7. The average Bonchev–Trinajstić information content (AvgIpc) is 2.19. The van der Waals surface area contributed by atoms with E-state index in [4.69, 9.17) is 16.3 Å². The van der Waals surface area contributed by atoms with Crippen molar-refractivity contribution in [3.8, 4) is 0 Å². The van der Waals surface area contributed by atoms with E-state index >= 15 is 0 Å². The molecular formula is C11H9ClO. The monoisotopic (exact) mass is 192 g/mol. The minimum Gasteiger partial charge on any atom is -0.463 e. The molecule has 0 N–H and O–H groups in total. The van der Waals surface area contributed by atoms with Crippen LogP contribution in [0.2, 0.25) is 0 Å². The second-order valence-corrected chi connectivity index (χ2v) is 3.27. The number of hydrogen-bond donors (Lipinski definition) is 0. The average molecular weight is 193 g/mol. The minimum atomic E-state index is 0.211. The number of halogens is 1. The highest BCUT2D eigenvalue weighted by molar-refractivity contribution is 6.31. The molecule has 13 heavy (non-hydrogen) atoms. The number of ether oxygens (including phenoxy) is 1. The zero-order valence-corrected chi connectivity index (χ0v) is 7.79. The highest BCUT2D eigenvalue weighted by Gasteiger charge is 2.21. The first kappa shape index (κ1) is 8.39. The lowest BCUT2D eigenvalue weighted by Crippen LogP contribution is -2.09.